The van der Waals surface area contributed by atoms with Crippen LogP contribution < -0.4 is 15.6 Å². The van der Waals surface area contributed by atoms with Gasteiger partial charge < -0.3 is 19.5 Å². The van der Waals surface area contributed by atoms with E-state index < -0.39 is 0 Å². The van der Waals surface area contributed by atoms with Crippen LogP contribution in [0.25, 0.3) is 0 Å². The lowest BCUT2D eigenvalue weighted by atomic mass is 10.1. The largest absolute Gasteiger partial charge is 0.491 e. The van der Waals surface area contributed by atoms with Gasteiger partial charge in [0.1, 0.15) is 12.4 Å². The Bertz CT molecular complexity index is 861. The van der Waals surface area contributed by atoms with Gasteiger partial charge in [-0.15, -0.1) is 0 Å². The smallest absolute Gasteiger partial charge is 0.318 e. The van der Waals surface area contributed by atoms with E-state index in [-0.39, 0.29) is 17.6 Å². The van der Waals surface area contributed by atoms with Gasteiger partial charge in [-0.3, -0.25) is 4.79 Å². The number of nitrogens with one attached hydrogen (secondary N) is 1. The van der Waals surface area contributed by atoms with Crippen LogP contribution in [0.2, 0.25) is 0 Å². The predicted molar refractivity (Wildman–Crippen MR) is 86.8 cm³/mol. The normalized spacial score (nSPS) is 18.5. The van der Waals surface area contributed by atoms with Crippen molar-refractivity contribution in [3.8, 4) is 5.75 Å². The standard InChI is InChI=1S/C17H18N4O3/c1-20-10-18-13-8-21(7-6-12(13)16(20)22)17(23)19-14-9-24-15-5-3-2-4-11(14)15/h2-5,10,14H,6-9H2,1H3,(H,19,23)/t14-/m0/s1. The number of rotatable bonds is 1. The van der Waals surface area contributed by atoms with Crippen molar-refractivity contribution in [3.05, 3.63) is 57.8 Å². The molecule has 2 aliphatic heterocycles. The van der Waals surface area contributed by atoms with Crippen molar-refractivity contribution < 1.29 is 9.53 Å². The minimum absolute atomic E-state index is 0.0295. The van der Waals surface area contributed by atoms with E-state index >= 15 is 0 Å². The minimum Gasteiger partial charge on any atom is -0.491 e. The molecule has 0 saturated heterocycles. The summed E-state index contributed by atoms with van der Waals surface area (Å²) in [7, 11) is 1.69. The van der Waals surface area contributed by atoms with Crippen LogP contribution in [-0.2, 0) is 20.0 Å². The third-order valence-corrected chi connectivity index (χ3v) is 4.57. The Morgan fingerprint density at radius 1 is 1.38 bits per heavy atom. The highest BCUT2D eigenvalue weighted by Crippen LogP contribution is 2.31. The van der Waals surface area contributed by atoms with Crippen LogP contribution in [0, 0.1) is 0 Å². The van der Waals surface area contributed by atoms with E-state index in [4.69, 9.17) is 4.74 Å². The number of aromatic nitrogens is 2. The molecular weight excluding hydrogens is 308 g/mol. The first-order valence-electron chi connectivity index (χ1n) is 7.94. The Labute approximate surface area is 138 Å². The second-order valence-electron chi connectivity index (χ2n) is 6.11. The third-order valence-electron chi connectivity index (χ3n) is 4.57. The molecule has 2 aromatic rings. The number of benzene rings is 1. The fraction of sp³-hybridized carbons (Fsp3) is 0.353. The van der Waals surface area contributed by atoms with Crippen LogP contribution >= 0.6 is 0 Å². The molecule has 2 aliphatic rings. The molecule has 1 aromatic carbocycles. The summed E-state index contributed by atoms with van der Waals surface area (Å²) in [6, 6.07) is 7.41. The number of amides is 2. The van der Waals surface area contributed by atoms with E-state index in [1.165, 1.54) is 10.9 Å². The zero-order chi connectivity index (χ0) is 16.7. The molecule has 3 heterocycles. The van der Waals surface area contributed by atoms with Crippen LogP contribution in [0.1, 0.15) is 22.9 Å². The van der Waals surface area contributed by atoms with Gasteiger partial charge in [-0.1, -0.05) is 18.2 Å². The van der Waals surface area contributed by atoms with Gasteiger partial charge in [0.05, 0.1) is 24.6 Å². The van der Waals surface area contributed by atoms with Crippen LogP contribution in [0.15, 0.2) is 35.4 Å². The summed E-state index contributed by atoms with van der Waals surface area (Å²) in [5.74, 6) is 0.817. The molecule has 0 spiro atoms. The molecule has 0 fully saturated rings. The minimum atomic E-state index is -0.159. The fourth-order valence-electron chi connectivity index (χ4n) is 3.21. The number of carbonyl (C=O) groups excluding carboxylic acids is 1. The first-order chi connectivity index (χ1) is 11.6. The van der Waals surface area contributed by atoms with Crippen molar-refractivity contribution >= 4 is 6.03 Å². The van der Waals surface area contributed by atoms with Crippen LogP contribution in [0.5, 0.6) is 5.75 Å². The first-order valence-corrected chi connectivity index (χ1v) is 7.94. The molecule has 1 N–H and O–H groups in total. The number of carbonyl (C=O) groups is 1. The second-order valence-corrected chi connectivity index (χ2v) is 6.11. The second kappa shape index (κ2) is 5.67. The van der Waals surface area contributed by atoms with Crippen molar-refractivity contribution in [2.45, 2.75) is 19.0 Å². The SMILES string of the molecule is Cn1cnc2c(c1=O)CCN(C(=O)N[C@H]1COc3ccccc31)C2. The molecule has 4 rings (SSSR count). The topological polar surface area (TPSA) is 76.5 Å². The number of fused-ring (bicyclic) bond motifs is 2. The molecule has 0 saturated carbocycles. The predicted octanol–water partition coefficient (Wildman–Crippen LogP) is 0.982. The maximum atomic E-state index is 12.6. The number of ether oxygens (including phenoxy) is 1. The van der Waals surface area contributed by atoms with Crippen molar-refractivity contribution in [3.63, 3.8) is 0 Å². The number of hydrogen-bond donors (Lipinski definition) is 1. The summed E-state index contributed by atoms with van der Waals surface area (Å²) in [6.07, 6.45) is 2.03. The van der Waals surface area contributed by atoms with Gasteiger partial charge in [-0.2, -0.15) is 0 Å². The number of para-hydroxylation sites is 1. The Morgan fingerprint density at radius 2 is 2.21 bits per heavy atom. The quantitative estimate of drug-likeness (QED) is 0.847. The molecule has 2 amide bonds. The highest BCUT2D eigenvalue weighted by molar-refractivity contribution is 5.75. The first kappa shape index (κ1) is 14.7. The number of urea groups is 1. The molecule has 7 heteroatoms. The summed E-state index contributed by atoms with van der Waals surface area (Å²) >= 11 is 0. The average Bonchev–Trinajstić information content (AvgIpc) is 3.01. The van der Waals surface area contributed by atoms with Crippen molar-refractivity contribution in [2.24, 2.45) is 7.05 Å². The molecular formula is C17H18N4O3. The number of aryl methyl sites for hydroxylation is 1. The zero-order valence-corrected chi connectivity index (χ0v) is 13.4. The molecule has 1 atom stereocenters. The zero-order valence-electron chi connectivity index (χ0n) is 13.4. The van der Waals surface area contributed by atoms with E-state index in [0.29, 0.717) is 37.4 Å². The Hall–Kier alpha value is -2.83. The molecule has 0 radical (unpaired) electrons. The van der Waals surface area contributed by atoms with E-state index in [0.717, 1.165) is 11.3 Å². The number of hydrogen-bond acceptors (Lipinski definition) is 4. The number of nitrogens with zero attached hydrogens (tertiary/aromatic N) is 3. The van der Waals surface area contributed by atoms with Crippen molar-refractivity contribution in [2.75, 3.05) is 13.2 Å². The summed E-state index contributed by atoms with van der Waals surface area (Å²) in [5, 5.41) is 3.01. The van der Waals surface area contributed by atoms with Crippen molar-refractivity contribution in [1.29, 1.82) is 0 Å². The lowest BCUT2D eigenvalue weighted by Gasteiger charge is -2.29. The Morgan fingerprint density at radius 3 is 3.08 bits per heavy atom. The summed E-state index contributed by atoms with van der Waals surface area (Å²) in [4.78, 5) is 30.7. The van der Waals surface area contributed by atoms with E-state index in [9.17, 15) is 9.59 Å². The monoisotopic (exact) mass is 326 g/mol. The highest BCUT2D eigenvalue weighted by Gasteiger charge is 2.29. The summed E-state index contributed by atoms with van der Waals surface area (Å²) in [5.41, 5.74) is 2.36. The van der Waals surface area contributed by atoms with Gasteiger partial charge in [0.2, 0.25) is 0 Å². The Balaban J connectivity index is 1.49. The highest BCUT2D eigenvalue weighted by atomic mass is 16.5. The van der Waals surface area contributed by atoms with Gasteiger partial charge in [-0.05, 0) is 12.5 Å². The molecule has 0 unspecified atom stereocenters. The average molecular weight is 326 g/mol. The van der Waals surface area contributed by atoms with E-state index in [2.05, 4.69) is 10.3 Å². The van der Waals surface area contributed by atoms with Crippen LogP contribution in [-0.4, -0.2) is 33.6 Å². The lowest BCUT2D eigenvalue weighted by Crippen LogP contribution is -2.46. The molecule has 24 heavy (non-hydrogen) atoms. The maximum absolute atomic E-state index is 12.6. The molecule has 7 nitrogen and oxygen atoms in total. The van der Waals surface area contributed by atoms with Gasteiger partial charge in [0.25, 0.3) is 5.56 Å². The Kier molecular flexibility index (Phi) is 3.48. The maximum Gasteiger partial charge on any atom is 0.318 e. The molecule has 0 bridgehead atoms. The van der Waals surface area contributed by atoms with Crippen LogP contribution in [0.4, 0.5) is 4.79 Å². The lowest BCUT2D eigenvalue weighted by molar-refractivity contribution is 0.184. The molecule has 0 aliphatic carbocycles. The van der Waals surface area contributed by atoms with Gasteiger partial charge in [0, 0.05) is 24.7 Å². The fourth-order valence-corrected chi connectivity index (χ4v) is 3.21. The van der Waals surface area contributed by atoms with Crippen molar-refractivity contribution in [1.82, 2.24) is 19.8 Å². The van der Waals surface area contributed by atoms with Gasteiger partial charge >= 0.3 is 6.03 Å². The molecule has 1 aromatic heterocycles. The van der Waals surface area contributed by atoms with Gasteiger partial charge in [0.15, 0.2) is 0 Å². The summed E-state index contributed by atoms with van der Waals surface area (Å²) in [6.45, 7) is 1.30. The third kappa shape index (κ3) is 2.42. The van der Waals surface area contributed by atoms with Gasteiger partial charge in [-0.25, -0.2) is 9.78 Å². The van der Waals surface area contributed by atoms with E-state index in [1.807, 2.05) is 24.3 Å². The van der Waals surface area contributed by atoms with Crippen LogP contribution in [0.3, 0.4) is 0 Å². The summed E-state index contributed by atoms with van der Waals surface area (Å²) < 4.78 is 7.07. The van der Waals surface area contributed by atoms with E-state index in [1.54, 1.807) is 11.9 Å². The molecule has 124 valence electrons.